The van der Waals surface area contributed by atoms with Gasteiger partial charge in [0.1, 0.15) is 11.9 Å². The van der Waals surface area contributed by atoms with E-state index in [-0.39, 0.29) is 5.02 Å². The smallest absolute Gasteiger partial charge is 0.250 e. The summed E-state index contributed by atoms with van der Waals surface area (Å²) >= 11 is 5.93. The molecule has 28 heavy (non-hydrogen) atoms. The van der Waals surface area contributed by atoms with Crippen LogP contribution in [0.25, 0.3) is 11.4 Å². The van der Waals surface area contributed by atoms with Gasteiger partial charge in [-0.1, -0.05) is 11.6 Å². The van der Waals surface area contributed by atoms with E-state index in [0.29, 0.717) is 28.6 Å². The zero-order chi connectivity index (χ0) is 20.3. The Morgan fingerprint density at radius 2 is 1.93 bits per heavy atom. The minimum absolute atomic E-state index is 0.0955. The van der Waals surface area contributed by atoms with Gasteiger partial charge in [0, 0.05) is 5.56 Å². The number of carbonyl (C=O) groups excluding carboxylic acids is 1. The molecule has 3 aromatic rings. The molecular weight excluding hydrogens is 389 g/mol. The predicted molar refractivity (Wildman–Crippen MR) is 101 cm³/mol. The number of rotatable bonds is 6. The fourth-order valence-electron chi connectivity index (χ4n) is 2.41. The van der Waals surface area contributed by atoms with Gasteiger partial charge in [0.25, 0.3) is 5.91 Å². The van der Waals surface area contributed by atoms with Crippen LogP contribution in [0.5, 0.6) is 11.5 Å². The van der Waals surface area contributed by atoms with E-state index in [1.54, 1.807) is 32.2 Å². The minimum Gasteiger partial charge on any atom is -0.493 e. The molecule has 1 amide bonds. The van der Waals surface area contributed by atoms with E-state index in [4.69, 9.17) is 21.1 Å². The van der Waals surface area contributed by atoms with Gasteiger partial charge in [0.05, 0.1) is 24.9 Å². The normalized spacial score (nSPS) is 11.8. The average Bonchev–Trinajstić information content (AvgIpc) is 3.19. The van der Waals surface area contributed by atoms with Crippen molar-refractivity contribution < 1.29 is 18.7 Å². The highest BCUT2D eigenvalue weighted by Crippen LogP contribution is 2.31. The van der Waals surface area contributed by atoms with Crippen molar-refractivity contribution >= 4 is 23.2 Å². The summed E-state index contributed by atoms with van der Waals surface area (Å²) in [7, 11) is 3.07. The molecule has 1 atom stereocenters. The molecule has 2 aromatic carbocycles. The molecule has 0 unspecified atom stereocenters. The molecule has 0 bridgehead atoms. The van der Waals surface area contributed by atoms with Crippen molar-refractivity contribution in [3.63, 3.8) is 0 Å². The molecule has 8 nitrogen and oxygen atoms in total. The monoisotopic (exact) mass is 405 g/mol. The first-order valence-corrected chi connectivity index (χ1v) is 8.58. The summed E-state index contributed by atoms with van der Waals surface area (Å²) in [5.74, 6) is 0.495. The Bertz CT molecular complexity index is 1010. The Labute approximate surface area is 165 Å². The lowest BCUT2D eigenvalue weighted by atomic mass is 10.2. The summed E-state index contributed by atoms with van der Waals surface area (Å²) in [6.45, 7) is 1.60. The van der Waals surface area contributed by atoms with Gasteiger partial charge in [-0.25, -0.2) is 4.39 Å². The van der Waals surface area contributed by atoms with Crippen LogP contribution in [0.15, 0.2) is 36.4 Å². The second-order valence-corrected chi connectivity index (χ2v) is 6.20. The lowest BCUT2D eigenvalue weighted by Crippen LogP contribution is -2.25. The molecule has 0 radical (unpaired) electrons. The highest BCUT2D eigenvalue weighted by atomic mass is 35.5. The third-order valence-electron chi connectivity index (χ3n) is 3.98. The number of tetrazole rings is 1. The fraction of sp³-hybridized carbons (Fsp3) is 0.222. The summed E-state index contributed by atoms with van der Waals surface area (Å²) in [6.07, 6.45) is 0. The van der Waals surface area contributed by atoms with Crippen LogP contribution in [0.2, 0.25) is 5.02 Å². The van der Waals surface area contributed by atoms with Crippen molar-refractivity contribution in [3.05, 3.63) is 47.2 Å². The van der Waals surface area contributed by atoms with Gasteiger partial charge in [-0.15, -0.1) is 10.2 Å². The Balaban J connectivity index is 1.78. The van der Waals surface area contributed by atoms with Crippen LogP contribution in [0.1, 0.15) is 13.0 Å². The zero-order valence-electron chi connectivity index (χ0n) is 15.3. The topological polar surface area (TPSA) is 91.2 Å². The van der Waals surface area contributed by atoms with Crippen LogP contribution in [0.3, 0.4) is 0 Å². The number of ether oxygens (including phenoxy) is 2. The van der Waals surface area contributed by atoms with E-state index in [2.05, 4.69) is 20.7 Å². The van der Waals surface area contributed by atoms with Crippen molar-refractivity contribution in [3.8, 4) is 22.9 Å². The maximum absolute atomic E-state index is 13.1. The number of methoxy groups -OCH3 is 2. The van der Waals surface area contributed by atoms with Crippen LogP contribution < -0.4 is 14.8 Å². The number of halogens is 2. The molecule has 0 aliphatic rings. The van der Waals surface area contributed by atoms with Crippen molar-refractivity contribution in [2.75, 3.05) is 19.5 Å². The zero-order valence-corrected chi connectivity index (χ0v) is 16.1. The maximum atomic E-state index is 13.1. The maximum Gasteiger partial charge on any atom is 0.250 e. The largest absolute Gasteiger partial charge is 0.493 e. The van der Waals surface area contributed by atoms with Gasteiger partial charge in [-0.05, 0) is 48.5 Å². The number of nitrogens with one attached hydrogen (secondary N) is 1. The summed E-state index contributed by atoms with van der Waals surface area (Å²) in [6, 6.07) is 8.12. The van der Waals surface area contributed by atoms with Crippen LogP contribution in [0.4, 0.5) is 10.1 Å². The molecule has 0 saturated heterocycles. The molecular formula is C18H17ClFN5O3. The molecule has 146 valence electrons. The molecule has 1 heterocycles. The van der Waals surface area contributed by atoms with E-state index in [0.717, 1.165) is 6.07 Å². The summed E-state index contributed by atoms with van der Waals surface area (Å²) < 4.78 is 23.6. The molecule has 10 heteroatoms. The quantitative estimate of drug-likeness (QED) is 0.676. The second kappa shape index (κ2) is 8.22. The van der Waals surface area contributed by atoms with E-state index < -0.39 is 17.8 Å². The number of carbonyl (C=O) groups is 1. The summed E-state index contributed by atoms with van der Waals surface area (Å²) in [4.78, 5) is 13.6. The number of anilines is 1. The number of benzene rings is 2. The molecule has 0 aliphatic carbocycles. The van der Waals surface area contributed by atoms with Gasteiger partial charge < -0.3 is 14.8 Å². The molecule has 0 aliphatic heterocycles. The summed E-state index contributed by atoms with van der Waals surface area (Å²) in [5, 5.41) is 14.9. The van der Waals surface area contributed by atoms with Gasteiger partial charge in [-0.2, -0.15) is 4.80 Å². The second-order valence-electron chi connectivity index (χ2n) is 5.79. The van der Waals surface area contributed by atoms with Crippen molar-refractivity contribution in [1.82, 2.24) is 20.2 Å². The number of amides is 1. The molecule has 0 spiro atoms. The molecule has 0 fully saturated rings. The van der Waals surface area contributed by atoms with Crippen LogP contribution in [-0.2, 0) is 4.79 Å². The molecule has 1 N–H and O–H groups in total. The van der Waals surface area contributed by atoms with Crippen LogP contribution in [-0.4, -0.2) is 40.3 Å². The third-order valence-corrected chi connectivity index (χ3v) is 4.30. The van der Waals surface area contributed by atoms with E-state index in [9.17, 15) is 9.18 Å². The lowest BCUT2D eigenvalue weighted by molar-refractivity contribution is -0.119. The molecule has 1 aromatic heterocycles. The van der Waals surface area contributed by atoms with Gasteiger partial charge >= 0.3 is 0 Å². The SMILES string of the molecule is COc1ccc(-c2nnn([C@H](C)C(=O)Nc3ccc(F)cc3Cl)n2)cc1OC. The standard InChI is InChI=1S/C18H17ClFN5O3/c1-10(18(26)21-14-6-5-12(20)9-13(14)19)25-23-17(22-24-25)11-4-7-15(27-2)16(8-11)28-3/h4-10H,1-3H3,(H,21,26)/t10-/m1/s1. The Morgan fingerprint density at radius 3 is 2.61 bits per heavy atom. The number of hydrogen-bond donors (Lipinski definition) is 1. The first-order chi connectivity index (χ1) is 13.4. The Morgan fingerprint density at radius 1 is 1.18 bits per heavy atom. The van der Waals surface area contributed by atoms with Crippen LogP contribution in [0, 0.1) is 5.82 Å². The van der Waals surface area contributed by atoms with E-state index in [1.807, 2.05) is 0 Å². The fourth-order valence-corrected chi connectivity index (χ4v) is 2.63. The Hall–Kier alpha value is -3.20. The number of hydrogen-bond acceptors (Lipinski definition) is 6. The predicted octanol–water partition coefficient (Wildman–Crippen LogP) is 3.35. The first-order valence-electron chi connectivity index (χ1n) is 8.20. The number of aromatic nitrogens is 4. The van der Waals surface area contributed by atoms with Gasteiger partial charge in [-0.3, -0.25) is 4.79 Å². The van der Waals surface area contributed by atoms with Crippen molar-refractivity contribution in [2.24, 2.45) is 0 Å². The van der Waals surface area contributed by atoms with Gasteiger partial charge in [0.15, 0.2) is 11.5 Å². The highest BCUT2D eigenvalue weighted by molar-refractivity contribution is 6.33. The first kappa shape index (κ1) is 19.6. The van der Waals surface area contributed by atoms with E-state index in [1.165, 1.54) is 24.0 Å². The Kier molecular flexibility index (Phi) is 5.74. The number of nitrogens with zero attached hydrogens (tertiary/aromatic N) is 4. The molecule has 3 rings (SSSR count). The van der Waals surface area contributed by atoms with E-state index >= 15 is 0 Å². The third kappa shape index (κ3) is 4.04. The van der Waals surface area contributed by atoms with Crippen LogP contribution >= 0.6 is 11.6 Å². The van der Waals surface area contributed by atoms with Gasteiger partial charge in [0.2, 0.25) is 5.82 Å². The van der Waals surface area contributed by atoms with Crippen molar-refractivity contribution in [1.29, 1.82) is 0 Å². The minimum atomic E-state index is -0.775. The highest BCUT2D eigenvalue weighted by Gasteiger charge is 2.20. The van der Waals surface area contributed by atoms with Crippen molar-refractivity contribution in [2.45, 2.75) is 13.0 Å². The molecule has 0 saturated carbocycles. The lowest BCUT2D eigenvalue weighted by Gasteiger charge is -2.12. The average molecular weight is 406 g/mol. The summed E-state index contributed by atoms with van der Waals surface area (Å²) in [5.41, 5.74) is 0.943.